The number of hydrogen-bond donors (Lipinski definition) is 2. The number of aliphatic carboxylic acids is 1. The summed E-state index contributed by atoms with van der Waals surface area (Å²) in [6.07, 6.45) is 6.27. The first-order chi connectivity index (χ1) is 12.1. The van der Waals surface area contributed by atoms with E-state index in [1.54, 1.807) is 12.4 Å². The highest BCUT2D eigenvalue weighted by Crippen LogP contribution is 2.37. The molecule has 0 bridgehead atoms. The zero-order chi connectivity index (χ0) is 17.6. The number of carbonyl (C=O) groups is 1. The van der Waals surface area contributed by atoms with E-state index in [9.17, 15) is 4.79 Å². The van der Waals surface area contributed by atoms with Gasteiger partial charge in [0.25, 0.3) is 0 Å². The Balaban J connectivity index is 1.43. The molecule has 2 N–H and O–H groups in total. The molecule has 2 aromatic rings. The number of halogens is 1. The Bertz CT molecular complexity index is 737. The van der Waals surface area contributed by atoms with Gasteiger partial charge in [0.05, 0.1) is 17.5 Å². The molecule has 1 aliphatic rings. The third-order valence-corrected chi connectivity index (χ3v) is 4.64. The molecule has 0 saturated heterocycles. The number of aryl methyl sites for hydroxylation is 1. The summed E-state index contributed by atoms with van der Waals surface area (Å²) in [6.45, 7) is 1.33. The molecular formula is C18H20BrN3O3. The summed E-state index contributed by atoms with van der Waals surface area (Å²) in [4.78, 5) is 19.2. The first kappa shape index (κ1) is 17.7. The highest BCUT2D eigenvalue weighted by atomic mass is 79.9. The van der Waals surface area contributed by atoms with Crippen LogP contribution in [-0.4, -0.2) is 34.2 Å². The topological polar surface area (TPSA) is 84.3 Å². The number of nitrogens with one attached hydrogen (secondary N) is 1. The van der Waals surface area contributed by atoms with E-state index in [0.717, 1.165) is 41.6 Å². The molecule has 132 valence electrons. The van der Waals surface area contributed by atoms with Gasteiger partial charge in [-0.15, -0.1) is 0 Å². The standard InChI is InChI=1S/C18H20BrN3O3/c19-14-10-21-18(22-11-14)20-6-1-7-25-15-4-5-16-12(8-15)2-3-13(16)9-17(23)24/h4-5,8,10-11,13H,1-3,6-7,9H2,(H,23,24)(H,20,21,22)/t13-/m0/s1. The Hall–Kier alpha value is -2.15. The second-order valence-electron chi connectivity index (χ2n) is 6.05. The molecule has 6 nitrogen and oxygen atoms in total. The third kappa shape index (κ3) is 4.92. The Kier molecular flexibility index (Phi) is 5.86. The van der Waals surface area contributed by atoms with Crippen molar-refractivity contribution in [1.82, 2.24) is 9.97 Å². The molecule has 1 heterocycles. The summed E-state index contributed by atoms with van der Waals surface area (Å²) in [7, 11) is 0. The van der Waals surface area contributed by atoms with E-state index in [1.807, 2.05) is 18.2 Å². The fourth-order valence-electron chi connectivity index (χ4n) is 3.06. The van der Waals surface area contributed by atoms with Crippen LogP contribution in [0.1, 0.15) is 36.3 Å². The van der Waals surface area contributed by atoms with Gasteiger partial charge >= 0.3 is 5.97 Å². The first-order valence-corrected chi connectivity index (χ1v) is 9.10. The van der Waals surface area contributed by atoms with Gasteiger partial charge in [0.15, 0.2) is 0 Å². The zero-order valence-corrected chi connectivity index (χ0v) is 15.3. The lowest BCUT2D eigenvalue weighted by molar-refractivity contribution is -0.137. The van der Waals surface area contributed by atoms with Crippen LogP contribution in [0.3, 0.4) is 0 Å². The van der Waals surface area contributed by atoms with Crippen molar-refractivity contribution in [1.29, 1.82) is 0 Å². The van der Waals surface area contributed by atoms with E-state index >= 15 is 0 Å². The molecule has 0 spiro atoms. The van der Waals surface area contributed by atoms with Crippen molar-refractivity contribution in [2.75, 3.05) is 18.5 Å². The van der Waals surface area contributed by atoms with E-state index in [4.69, 9.17) is 9.84 Å². The highest BCUT2D eigenvalue weighted by Gasteiger charge is 2.24. The minimum absolute atomic E-state index is 0.136. The van der Waals surface area contributed by atoms with Crippen LogP contribution in [0.4, 0.5) is 5.95 Å². The average Bonchev–Trinajstić information content (AvgIpc) is 2.98. The predicted molar refractivity (Wildman–Crippen MR) is 98.1 cm³/mol. The summed E-state index contributed by atoms with van der Waals surface area (Å²) in [6, 6.07) is 5.99. The average molecular weight is 406 g/mol. The number of carboxylic acid groups (broad SMARTS) is 1. The largest absolute Gasteiger partial charge is 0.494 e. The lowest BCUT2D eigenvalue weighted by atomic mass is 9.98. The molecule has 0 fully saturated rings. The maximum Gasteiger partial charge on any atom is 0.303 e. The van der Waals surface area contributed by atoms with Gasteiger partial charge < -0.3 is 15.2 Å². The van der Waals surface area contributed by atoms with Gasteiger partial charge in [-0.3, -0.25) is 4.79 Å². The number of anilines is 1. The predicted octanol–water partition coefficient (Wildman–Crippen LogP) is 3.62. The van der Waals surface area contributed by atoms with Crippen molar-refractivity contribution >= 4 is 27.8 Å². The number of nitrogens with zero attached hydrogens (tertiary/aromatic N) is 2. The summed E-state index contributed by atoms with van der Waals surface area (Å²) in [5, 5.41) is 12.1. The number of carboxylic acids is 1. The molecule has 1 aliphatic carbocycles. The normalized spacial score (nSPS) is 15.6. The number of fused-ring (bicyclic) bond motifs is 1. The number of benzene rings is 1. The lowest BCUT2D eigenvalue weighted by Gasteiger charge is -2.11. The van der Waals surface area contributed by atoms with Gasteiger partial charge in [-0.25, -0.2) is 9.97 Å². The Labute approximate surface area is 154 Å². The van der Waals surface area contributed by atoms with Crippen molar-refractivity contribution < 1.29 is 14.6 Å². The van der Waals surface area contributed by atoms with Crippen LogP contribution in [0.5, 0.6) is 5.75 Å². The van der Waals surface area contributed by atoms with Crippen molar-refractivity contribution in [2.24, 2.45) is 0 Å². The van der Waals surface area contributed by atoms with Gasteiger partial charge in [-0.2, -0.15) is 0 Å². The molecule has 3 rings (SSSR count). The number of hydrogen-bond acceptors (Lipinski definition) is 5. The Morgan fingerprint density at radius 3 is 2.92 bits per heavy atom. The highest BCUT2D eigenvalue weighted by molar-refractivity contribution is 9.10. The number of aromatic nitrogens is 2. The molecule has 1 aromatic heterocycles. The quantitative estimate of drug-likeness (QED) is 0.652. The second-order valence-corrected chi connectivity index (χ2v) is 6.96. The summed E-state index contributed by atoms with van der Waals surface area (Å²) in [5.41, 5.74) is 2.37. The molecule has 1 atom stereocenters. The van der Waals surface area contributed by atoms with Crippen LogP contribution >= 0.6 is 15.9 Å². The van der Waals surface area contributed by atoms with E-state index < -0.39 is 5.97 Å². The van der Waals surface area contributed by atoms with Gasteiger partial charge in [-0.1, -0.05) is 6.07 Å². The summed E-state index contributed by atoms with van der Waals surface area (Å²) in [5.74, 6) is 0.844. The Morgan fingerprint density at radius 1 is 1.36 bits per heavy atom. The molecule has 0 aliphatic heterocycles. The van der Waals surface area contributed by atoms with E-state index in [2.05, 4.69) is 31.2 Å². The fraction of sp³-hybridized carbons (Fsp3) is 0.389. The van der Waals surface area contributed by atoms with E-state index in [0.29, 0.717) is 12.6 Å². The van der Waals surface area contributed by atoms with Crippen LogP contribution < -0.4 is 10.1 Å². The van der Waals surface area contributed by atoms with Crippen LogP contribution in [0.25, 0.3) is 0 Å². The van der Waals surface area contributed by atoms with E-state index in [-0.39, 0.29) is 12.3 Å². The SMILES string of the molecule is O=C(O)C[C@@H]1CCc2cc(OCCCNc3ncc(Br)cn3)ccc21. The molecule has 0 saturated carbocycles. The smallest absolute Gasteiger partial charge is 0.303 e. The molecule has 7 heteroatoms. The first-order valence-electron chi connectivity index (χ1n) is 8.30. The van der Waals surface area contributed by atoms with Gasteiger partial charge in [0, 0.05) is 18.9 Å². The molecule has 0 unspecified atom stereocenters. The summed E-state index contributed by atoms with van der Waals surface area (Å²) < 4.78 is 6.65. The van der Waals surface area contributed by atoms with Gasteiger partial charge in [0.2, 0.25) is 5.95 Å². The van der Waals surface area contributed by atoms with Crippen LogP contribution in [0.15, 0.2) is 35.1 Å². The lowest BCUT2D eigenvalue weighted by Crippen LogP contribution is -2.09. The second kappa shape index (κ2) is 8.29. The fourth-order valence-corrected chi connectivity index (χ4v) is 3.27. The van der Waals surface area contributed by atoms with Crippen molar-refractivity contribution in [3.63, 3.8) is 0 Å². The monoisotopic (exact) mass is 405 g/mol. The van der Waals surface area contributed by atoms with E-state index in [1.165, 1.54) is 5.56 Å². The zero-order valence-electron chi connectivity index (χ0n) is 13.7. The molecule has 0 radical (unpaired) electrons. The van der Waals surface area contributed by atoms with Crippen molar-refractivity contribution in [3.8, 4) is 5.75 Å². The third-order valence-electron chi connectivity index (χ3n) is 4.23. The Morgan fingerprint density at radius 2 is 2.16 bits per heavy atom. The van der Waals surface area contributed by atoms with Crippen LogP contribution in [0.2, 0.25) is 0 Å². The number of rotatable bonds is 8. The maximum absolute atomic E-state index is 10.9. The van der Waals surface area contributed by atoms with Crippen LogP contribution in [-0.2, 0) is 11.2 Å². The summed E-state index contributed by atoms with van der Waals surface area (Å²) >= 11 is 3.30. The number of ether oxygens (including phenoxy) is 1. The molecule has 0 amide bonds. The van der Waals surface area contributed by atoms with Gasteiger partial charge in [0.1, 0.15) is 5.75 Å². The van der Waals surface area contributed by atoms with Crippen LogP contribution in [0, 0.1) is 0 Å². The minimum atomic E-state index is -0.736. The maximum atomic E-state index is 10.9. The van der Waals surface area contributed by atoms with Crippen molar-refractivity contribution in [3.05, 3.63) is 46.2 Å². The molecule has 1 aromatic carbocycles. The van der Waals surface area contributed by atoms with Gasteiger partial charge in [-0.05, 0) is 64.4 Å². The molecule has 25 heavy (non-hydrogen) atoms. The molecular weight excluding hydrogens is 386 g/mol. The minimum Gasteiger partial charge on any atom is -0.494 e. The van der Waals surface area contributed by atoms with Crippen molar-refractivity contribution in [2.45, 2.75) is 31.6 Å².